The standard InChI is InChI=1S/C23H24N6O5S2.H2O4S/c1-34-27-16(14-11-36-23(24)25-14)19(30)26-17-20(31)29-18(22(32)33)13(10-35-21(17)29)9-28-8-4-6-12-5-2-3-7-15(12)28;1-5(2,3)4/h4,6,8,11,17,21H,2-3,5,7,9-10H2,1H3,(H3-,24,25,26,30,32,33);(H2,1,2,3,4)/t17-,21-;/m1./s1. The van der Waals surface area contributed by atoms with Crippen molar-refractivity contribution >= 4 is 62.1 Å². The highest BCUT2D eigenvalue weighted by molar-refractivity contribution is 8.00. The van der Waals surface area contributed by atoms with Crippen molar-refractivity contribution in [2.24, 2.45) is 5.16 Å². The minimum Gasteiger partial charge on any atom is -0.726 e. The second kappa shape index (κ2) is 12.5. The van der Waals surface area contributed by atoms with Crippen LogP contribution in [-0.2, 0) is 49.0 Å². The van der Waals surface area contributed by atoms with Crippen molar-refractivity contribution in [3.63, 3.8) is 0 Å². The lowest BCUT2D eigenvalue weighted by Crippen LogP contribution is -2.71. The molecular weight excluding hydrogens is 600 g/mol. The van der Waals surface area contributed by atoms with Gasteiger partial charge in [0, 0.05) is 34.8 Å². The van der Waals surface area contributed by atoms with E-state index >= 15 is 0 Å². The first-order chi connectivity index (χ1) is 19.4. The number of fused-ring (bicyclic) bond motifs is 2. The van der Waals surface area contributed by atoms with E-state index < -0.39 is 39.6 Å². The van der Waals surface area contributed by atoms with Gasteiger partial charge in [0.1, 0.15) is 29.9 Å². The monoisotopic (exact) mass is 626 g/mol. The number of thiazole rings is 1. The van der Waals surface area contributed by atoms with E-state index in [1.54, 1.807) is 5.38 Å². The number of aliphatic carboxylic acids is 1. The van der Waals surface area contributed by atoms with Crippen LogP contribution in [0.15, 0.2) is 40.1 Å². The number of oxime groups is 1. The highest BCUT2D eigenvalue weighted by atomic mass is 32.3. The molecule has 1 aliphatic carbocycles. The number of carbonyl (C=O) groups is 3. The molecule has 0 saturated carbocycles. The first kappa shape index (κ1) is 30.4. The quantitative estimate of drug-likeness (QED) is 0.0774. The zero-order valence-corrected chi connectivity index (χ0v) is 24.0. The summed E-state index contributed by atoms with van der Waals surface area (Å²) < 4.78 is 34.9. The Bertz CT molecular complexity index is 1530. The Morgan fingerprint density at radius 2 is 2.07 bits per heavy atom. The average Bonchev–Trinajstić information content (AvgIpc) is 3.34. The van der Waals surface area contributed by atoms with Crippen LogP contribution in [0.25, 0.3) is 0 Å². The van der Waals surface area contributed by atoms with Crippen molar-refractivity contribution in [3.8, 4) is 0 Å². The molecule has 1 fully saturated rings. The van der Waals surface area contributed by atoms with Crippen LogP contribution < -0.4 is 15.6 Å². The fraction of sp³-hybridized carbons (Fsp3) is 0.391. The van der Waals surface area contributed by atoms with E-state index in [4.69, 9.17) is 28.1 Å². The highest BCUT2D eigenvalue weighted by Crippen LogP contribution is 2.40. The number of carboxylic acid groups (broad SMARTS) is 1. The summed E-state index contributed by atoms with van der Waals surface area (Å²) in [5.41, 5.74) is 8.96. The highest BCUT2D eigenvalue weighted by Gasteiger charge is 2.55. The molecule has 0 radical (unpaired) electrons. The van der Waals surface area contributed by atoms with Gasteiger partial charge in [-0.15, -0.1) is 23.1 Å². The van der Waals surface area contributed by atoms with Crippen LogP contribution in [0.2, 0.25) is 0 Å². The number of hydrogen-bond acceptors (Lipinski definition) is 12. The van der Waals surface area contributed by atoms with Crippen molar-refractivity contribution in [1.82, 2.24) is 15.2 Å². The molecular formula is C23H26N6O9S3. The summed E-state index contributed by atoms with van der Waals surface area (Å²) in [5.74, 6) is -1.86. The summed E-state index contributed by atoms with van der Waals surface area (Å²) >= 11 is 2.57. The van der Waals surface area contributed by atoms with Gasteiger partial charge < -0.3 is 25.5 Å². The number of aromatic nitrogens is 2. The van der Waals surface area contributed by atoms with E-state index in [1.807, 2.05) is 12.3 Å². The van der Waals surface area contributed by atoms with Crippen molar-refractivity contribution in [2.75, 3.05) is 18.6 Å². The second-order valence-corrected chi connectivity index (χ2v) is 11.9. The first-order valence-corrected chi connectivity index (χ1v) is 15.4. The lowest BCUT2D eigenvalue weighted by Gasteiger charge is -2.49. The van der Waals surface area contributed by atoms with Gasteiger partial charge in [-0.2, -0.15) is 4.57 Å². The molecule has 41 heavy (non-hydrogen) atoms. The number of hydrogen-bond donors (Lipinski definition) is 4. The van der Waals surface area contributed by atoms with E-state index in [-0.39, 0.29) is 22.2 Å². The molecule has 2 atom stereocenters. The molecule has 1 saturated heterocycles. The van der Waals surface area contributed by atoms with Crippen LogP contribution in [0.3, 0.4) is 0 Å². The number of carbonyl (C=O) groups excluding carboxylic acids is 2. The van der Waals surface area contributed by atoms with Gasteiger partial charge >= 0.3 is 5.97 Å². The molecule has 0 spiro atoms. The molecule has 2 aromatic rings. The number of nitrogen functional groups attached to an aromatic ring is 1. The maximum atomic E-state index is 13.1. The number of nitrogens with one attached hydrogen (secondary N) is 1. The summed E-state index contributed by atoms with van der Waals surface area (Å²) in [5, 5.41) is 17.7. The van der Waals surface area contributed by atoms with E-state index in [0.29, 0.717) is 17.9 Å². The maximum absolute atomic E-state index is 13.1. The van der Waals surface area contributed by atoms with Crippen molar-refractivity contribution < 1.29 is 46.4 Å². The largest absolute Gasteiger partial charge is 0.726 e. The number of anilines is 1. The lowest BCUT2D eigenvalue weighted by molar-refractivity contribution is -0.697. The Balaban J connectivity index is 0.000000714. The van der Waals surface area contributed by atoms with Gasteiger partial charge in [0.15, 0.2) is 29.3 Å². The van der Waals surface area contributed by atoms with Gasteiger partial charge in [0.2, 0.25) is 10.4 Å². The van der Waals surface area contributed by atoms with Gasteiger partial charge in [-0.05, 0) is 25.3 Å². The normalized spacial score (nSPS) is 20.2. The van der Waals surface area contributed by atoms with Crippen molar-refractivity contribution in [2.45, 2.75) is 43.6 Å². The Kier molecular flexibility index (Phi) is 9.27. The molecule has 18 heteroatoms. The SMILES string of the molecule is CON=C(C(=O)N[C@@H]1C(=O)N2C(C(=O)O)=C(C[n+]3cccc4c3CCCC4)CS[C@H]12)c1csc(N)n1.O=S(=O)([O-])O. The van der Waals surface area contributed by atoms with E-state index in [2.05, 4.69) is 26.1 Å². The van der Waals surface area contributed by atoms with E-state index in [9.17, 15) is 19.5 Å². The van der Waals surface area contributed by atoms with Crippen LogP contribution in [0, 0.1) is 0 Å². The molecule has 5 N–H and O–H groups in total. The Hall–Kier alpha value is -3.58. The number of amides is 2. The Morgan fingerprint density at radius 3 is 2.71 bits per heavy atom. The number of nitrogens with zero attached hydrogens (tertiary/aromatic N) is 4. The van der Waals surface area contributed by atoms with E-state index in [1.165, 1.54) is 35.0 Å². The molecule has 0 unspecified atom stereocenters. The van der Waals surface area contributed by atoms with Crippen molar-refractivity contribution in [3.05, 3.63) is 51.9 Å². The smallest absolute Gasteiger partial charge is 0.352 e. The molecule has 2 aromatic heterocycles. The van der Waals surface area contributed by atoms with Crippen LogP contribution >= 0.6 is 23.1 Å². The summed E-state index contributed by atoms with van der Waals surface area (Å²) in [4.78, 5) is 48.4. The van der Waals surface area contributed by atoms with Crippen LogP contribution in [0.4, 0.5) is 5.13 Å². The van der Waals surface area contributed by atoms with Gasteiger partial charge in [0.05, 0.1) is 0 Å². The number of rotatable bonds is 7. The summed E-state index contributed by atoms with van der Waals surface area (Å²) in [6.45, 7) is 0.404. The van der Waals surface area contributed by atoms with Crippen LogP contribution in [0.5, 0.6) is 0 Å². The number of thioether (sulfide) groups is 1. The number of pyridine rings is 1. The predicted molar refractivity (Wildman–Crippen MR) is 145 cm³/mol. The number of β-lactam (4-membered cyclic amide) rings is 1. The summed E-state index contributed by atoms with van der Waals surface area (Å²) in [6.07, 6.45) is 6.20. The predicted octanol–water partition coefficient (Wildman–Crippen LogP) is -0.314. The molecule has 3 aliphatic rings. The zero-order valence-electron chi connectivity index (χ0n) is 21.5. The molecule has 0 aromatic carbocycles. The molecule has 5 rings (SSSR count). The maximum Gasteiger partial charge on any atom is 0.352 e. The van der Waals surface area contributed by atoms with Crippen molar-refractivity contribution in [1.29, 1.82) is 0 Å². The third kappa shape index (κ3) is 7.02. The number of aryl methyl sites for hydroxylation is 1. The molecule has 15 nitrogen and oxygen atoms in total. The topological polar surface area (TPSA) is 229 Å². The lowest BCUT2D eigenvalue weighted by atomic mass is 9.95. The van der Waals surface area contributed by atoms with Gasteiger partial charge in [-0.1, -0.05) is 5.16 Å². The fourth-order valence-corrected chi connectivity index (χ4v) is 6.72. The first-order valence-electron chi connectivity index (χ1n) is 12.1. The summed E-state index contributed by atoms with van der Waals surface area (Å²) in [7, 11) is -3.62. The Morgan fingerprint density at radius 1 is 1.37 bits per heavy atom. The molecule has 220 valence electrons. The van der Waals surface area contributed by atoms with E-state index in [0.717, 1.165) is 37.0 Å². The second-order valence-electron chi connectivity index (χ2n) is 9.05. The number of carboxylic acids is 1. The zero-order chi connectivity index (χ0) is 29.9. The molecule has 0 bridgehead atoms. The van der Waals surface area contributed by atoms with Crippen LogP contribution in [0.1, 0.15) is 29.8 Å². The third-order valence-electron chi connectivity index (χ3n) is 6.45. The van der Waals surface area contributed by atoms with Gasteiger partial charge in [-0.3, -0.25) is 19.0 Å². The van der Waals surface area contributed by atoms with Crippen LogP contribution in [-0.4, -0.2) is 80.3 Å². The molecule has 4 heterocycles. The molecule has 2 aliphatic heterocycles. The van der Waals surface area contributed by atoms with Gasteiger partial charge in [-0.25, -0.2) is 18.2 Å². The minimum atomic E-state index is -4.92. The summed E-state index contributed by atoms with van der Waals surface area (Å²) in [6, 6.07) is 3.21. The van der Waals surface area contributed by atoms with Gasteiger partial charge in [0.25, 0.3) is 11.8 Å². The Labute approximate surface area is 242 Å². The minimum absolute atomic E-state index is 0.00628. The third-order valence-corrected chi connectivity index (χ3v) is 8.46. The number of nitrogens with two attached hydrogens (primary N) is 1. The average molecular weight is 627 g/mol. The molecule has 2 amide bonds. The fourth-order valence-electron chi connectivity index (χ4n) is 4.83.